The van der Waals surface area contributed by atoms with E-state index in [2.05, 4.69) is 27.4 Å². The fourth-order valence-corrected chi connectivity index (χ4v) is 3.71. The van der Waals surface area contributed by atoms with Gasteiger partial charge in [0.05, 0.1) is 6.61 Å². The lowest BCUT2D eigenvalue weighted by Gasteiger charge is -2.05. The van der Waals surface area contributed by atoms with E-state index in [0.717, 1.165) is 23.7 Å². The Morgan fingerprint density at radius 1 is 1.45 bits per heavy atom. The molecule has 1 aliphatic rings. The lowest BCUT2D eigenvalue weighted by molar-refractivity contribution is 0.303. The van der Waals surface area contributed by atoms with Crippen LogP contribution in [0.15, 0.2) is 13.5 Å². The van der Waals surface area contributed by atoms with Crippen molar-refractivity contribution in [2.75, 3.05) is 6.61 Å². The van der Waals surface area contributed by atoms with Gasteiger partial charge in [-0.1, -0.05) is 13.8 Å². The Balaban J connectivity index is 2.33. The van der Waals surface area contributed by atoms with Crippen LogP contribution in [-0.2, 0) is 4.52 Å². The molecule has 1 unspecified atom stereocenters. The largest absolute Gasteiger partial charge is 0.329 e. The highest BCUT2D eigenvalue weighted by Gasteiger charge is 1.98. The highest BCUT2D eigenvalue weighted by molar-refractivity contribution is 7.56. The summed E-state index contributed by atoms with van der Waals surface area (Å²) in [5.74, 6) is 0.560. The third-order valence-corrected chi connectivity index (χ3v) is 4.04. The second-order valence-corrected chi connectivity index (χ2v) is 5.98. The molecule has 0 amide bonds. The molecule has 0 aromatic carbocycles. The van der Waals surface area contributed by atoms with E-state index in [1.807, 2.05) is 0 Å². The molecular weight excluding hydrogens is 199 g/mol. The van der Waals surface area contributed by atoms with Crippen molar-refractivity contribution in [1.29, 1.82) is 0 Å². The normalized spacial score (nSPS) is 25.2. The van der Waals surface area contributed by atoms with Crippen LogP contribution >= 0.6 is 25.1 Å². The van der Waals surface area contributed by atoms with Gasteiger partial charge in [0.2, 0.25) is 0 Å². The van der Waals surface area contributed by atoms with E-state index in [-0.39, 0.29) is 0 Å². The van der Waals surface area contributed by atoms with Crippen molar-refractivity contribution in [2.24, 2.45) is 19.5 Å². The first kappa shape index (κ1) is 9.48. The Bertz CT molecular complexity index is 213. The van der Waals surface area contributed by atoms with Gasteiger partial charge in [0.1, 0.15) is 0 Å². The molecule has 0 aliphatic carbocycles. The fourth-order valence-electron chi connectivity index (χ4n) is 0.453. The van der Waals surface area contributed by atoms with Crippen LogP contribution in [0.3, 0.4) is 0 Å². The highest BCUT2D eigenvalue weighted by atomic mass is 31.2. The first-order valence-corrected chi connectivity index (χ1v) is 6.21. The van der Waals surface area contributed by atoms with Crippen molar-refractivity contribution in [2.45, 2.75) is 13.8 Å². The topological polar surface area (TPSA) is 46.3 Å². The van der Waals surface area contributed by atoms with Crippen LogP contribution in [0.25, 0.3) is 0 Å². The summed E-state index contributed by atoms with van der Waals surface area (Å²) in [6, 6.07) is 0. The van der Waals surface area contributed by atoms with Crippen molar-refractivity contribution in [3.63, 3.8) is 0 Å². The summed E-state index contributed by atoms with van der Waals surface area (Å²) in [7, 11) is 0.357. The Morgan fingerprint density at radius 3 is 2.82 bits per heavy atom. The van der Waals surface area contributed by atoms with Crippen molar-refractivity contribution < 1.29 is 4.52 Å². The Morgan fingerprint density at radius 2 is 2.27 bits per heavy atom. The average molecular weight is 209 g/mol. The minimum absolute atomic E-state index is 0.560. The zero-order valence-corrected chi connectivity index (χ0v) is 9.22. The van der Waals surface area contributed by atoms with Crippen LogP contribution in [0, 0.1) is 5.92 Å². The maximum absolute atomic E-state index is 5.44. The second-order valence-electron chi connectivity index (χ2n) is 2.46. The molecule has 0 aromatic rings. The molecule has 0 spiro atoms. The Hall–Kier alpha value is 0.390. The lowest BCUT2D eigenvalue weighted by atomic mass is 10.2. The van der Waals surface area contributed by atoms with Crippen LogP contribution < -0.4 is 0 Å². The van der Waals surface area contributed by atoms with Gasteiger partial charge >= 0.3 is 0 Å². The number of hydrogen-bond acceptors (Lipinski definition) is 4. The first-order chi connectivity index (χ1) is 5.29. The number of nitrogens with zero attached hydrogens (tertiary/aromatic N) is 3. The smallest absolute Gasteiger partial charge is 0.200 e. The van der Waals surface area contributed by atoms with E-state index in [0.29, 0.717) is 5.92 Å². The molecule has 11 heavy (non-hydrogen) atoms. The van der Waals surface area contributed by atoms with E-state index in [1.165, 1.54) is 0 Å². The average Bonchev–Trinajstić information content (AvgIpc) is 2.03. The summed E-state index contributed by atoms with van der Waals surface area (Å²) < 4.78 is 17.6. The SMILES string of the molecule is CC(C)CO[PH]1=NP=NP=N1. The summed E-state index contributed by atoms with van der Waals surface area (Å²) in [4.78, 5) is 0. The molecule has 62 valence electrons. The van der Waals surface area contributed by atoms with E-state index in [4.69, 9.17) is 4.52 Å². The molecule has 7 heteroatoms. The molecule has 1 aliphatic heterocycles. The summed E-state index contributed by atoms with van der Waals surface area (Å²) in [6.45, 7) is 4.99. The molecule has 0 N–H and O–H groups in total. The van der Waals surface area contributed by atoms with E-state index in [9.17, 15) is 0 Å². The molecule has 1 heterocycles. The van der Waals surface area contributed by atoms with Gasteiger partial charge in [0, 0.05) is 0 Å². The molecule has 0 saturated carbocycles. The second kappa shape index (κ2) is 5.11. The Labute approximate surface area is 70.2 Å². The molecule has 0 radical (unpaired) electrons. The van der Waals surface area contributed by atoms with Crippen molar-refractivity contribution in [3.05, 3.63) is 0 Å². The van der Waals surface area contributed by atoms with E-state index >= 15 is 0 Å². The third-order valence-electron chi connectivity index (χ3n) is 0.886. The molecule has 0 bridgehead atoms. The van der Waals surface area contributed by atoms with Gasteiger partial charge in [-0.25, -0.2) is 0 Å². The van der Waals surface area contributed by atoms with Gasteiger partial charge in [0.25, 0.3) is 0 Å². The quantitative estimate of drug-likeness (QED) is 0.648. The predicted octanol–water partition coefficient (Wildman–Crippen LogP) is 3.99. The standard InChI is InChI=1S/C4H10N3OP3/c1-4(2)3-8-11-6-9-5-10-7-11/h4,11H,3H2,1-2H3. The van der Waals surface area contributed by atoms with Gasteiger partial charge in [-0.05, 0) is 5.92 Å². The maximum Gasteiger partial charge on any atom is 0.200 e. The summed E-state index contributed by atoms with van der Waals surface area (Å²) in [5.41, 5.74) is 0. The minimum Gasteiger partial charge on any atom is -0.329 e. The number of hydrogen-bond donors (Lipinski definition) is 0. The third kappa shape index (κ3) is 4.08. The van der Waals surface area contributed by atoms with Crippen LogP contribution in [0.5, 0.6) is 0 Å². The number of rotatable bonds is 3. The maximum atomic E-state index is 5.44. The molecule has 0 saturated heterocycles. The van der Waals surface area contributed by atoms with Gasteiger partial charge < -0.3 is 4.52 Å². The van der Waals surface area contributed by atoms with Crippen LogP contribution in [-0.4, -0.2) is 6.61 Å². The predicted molar refractivity (Wildman–Crippen MR) is 50.2 cm³/mol. The molecular formula is C4H10N3OP3. The van der Waals surface area contributed by atoms with Gasteiger partial charge in [-0.15, -0.1) is 0 Å². The molecule has 0 fully saturated rings. The zero-order valence-electron chi connectivity index (χ0n) is 6.43. The molecule has 1 rings (SSSR count). The van der Waals surface area contributed by atoms with E-state index < -0.39 is 8.09 Å². The van der Waals surface area contributed by atoms with E-state index in [1.54, 1.807) is 0 Å². The summed E-state index contributed by atoms with van der Waals surface area (Å²) in [6.07, 6.45) is 0. The fraction of sp³-hybridized carbons (Fsp3) is 1.00. The molecule has 4 nitrogen and oxygen atoms in total. The monoisotopic (exact) mass is 209 g/mol. The van der Waals surface area contributed by atoms with Crippen LogP contribution in [0.1, 0.15) is 13.8 Å². The van der Waals surface area contributed by atoms with Gasteiger partial charge in [0.15, 0.2) is 25.1 Å². The summed E-state index contributed by atoms with van der Waals surface area (Å²) in [5, 5.41) is 0. The zero-order chi connectivity index (χ0) is 8.10. The molecule has 1 atom stereocenters. The van der Waals surface area contributed by atoms with Crippen LogP contribution in [0.2, 0.25) is 0 Å². The van der Waals surface area contributed by atoms with Gasteiger partial charge in [-0.3, -0.25) is 0 Å². The van der Waals surface area contributed by atoms with Crippen molar-refractivity contribution >= 4 is 25.1 Å². The minimum atomic E-state index is -1.21. The highest BCUT2D eigenvalue weighted by Crippen LogP contribution is 2.41. The van der Waals surface area contributed by atoms with Crippen molar-refractivity contribution in [1.82, 2.24) is 0 Å². The first-order valence-electron chi connectivity index (χ1n) is 3.30. The van der Waals surface area contributed by atoms with Gasteiger partial charge in [-0.2, -0.15) is 13.5 Å². The molecule has 0 aromatic heterocycles. The lowest BCUT2D eigenvalue weighted by Crippen LogP contribution is -1.94. The van der Waals surface area contributed by atoms with Crippen LogP contribution in [0.4, 0.5) is 0 Å². The Kier molecular flexibility index (Phi) is 4.40. The van der Waals surface area contributed by atoms with Crippen molar-refractivity contribution in [3.8, 4) is 0 Å². The summed E-state index contributed by atoms with van der Waals surface area (Å²) >= 11 is 0.